The molecular formula is C33H31FN6O3S. The van der Waals surface area contributed by atoms with Crippen molar-refractivity contribution in [2.75, 3.05) is 17.3 Å². The van der Waals surface area contributed by atoms with Crippen molar-refractivity contribution in [3.63, 3.8) is 0 Å². The van der Waals surface area contributed by atoms with Gasteiger partial charge in [0, 0.05) is 34.3 Å². The fourth-order valence-corrected chi connectivity index (χ4v) is 5.61. The minimum absolute atomic E-state index is 0.0540. The van der Waals surface area contributed by atoms with Crippen LogP contribution in [0.25, 0.3) is 55.7 Å². The molecule has 2 aromatic carbocycles. The predicted octanol–water partition coefficient (Wildman–Crippen LogP) is 6.55. The summed E-state index contributed by atoms with van der Waals surface area (Å²) in [4.78, 5) is 25.1. The summed E-state index contributed by atoms with van der Waals surface area (Å²) in [5.74, 6) is -0.592. The molecule has 0 aliphatic carbocycles. The maximum absolute atomic E-state index is 14.6. The third kappa shape index (κ3) is 6.09. The number of carbonyl (C=O) groups is 1. The van der Waals surface area contributed by atoms with Gasteiger partial charge in [-0.3, -0.25) is 14.9 Å². The molecule has 0 aliphatic rings. The molecular weight excluding hydrogens is 579 g/mol. The van der Waals surface area contributed by atoms with E-state index in [9.17, 15) is 17.6 Å². The number of aromatic amines is 2. The number of amides is 1. The maximum atomic E-state index is 14.6. The maximum Gasteiger partial charge on any atom is 0.229 e. The molecule has 1 amide bonds. The van der Waals surface area contributed by atoms with Crippen LogP contribution in [0.4, 0.5) is 10.1 Å². The van der Waals surface area contributed by atoms with Gasteiger partial charge in [-0.25, -0.2) is 17.8 Å². The number of sulfone groups is 1. The van der Waals surface area contributed by atoms with Crippen LogP contribution in [0.2, 0.25) is 0 Å². The molecule has 6 rings (SSSR count). The fraction of sp³-hybridized carbons (Fsp3) is 0.212. The number of fused-ring (bicyclic) bond motifs is 2. The number of anilines is 1. The molecule has 0 fully saturated rings. The Balaban J connectivity index is 1.37. The predicted molar refractivity (Wildman–Crippen MR) is 171 cm³/mol. The first-order chi connectivity index (χ1) is 20.8. The first-order valence-corrected chi connectivity index (χ1v) is 16.1. The van der Waals surface area contributed by atoms with Gasteiger partial charge in [0.05, 0.1) is 34.5 Å². The average Bonchev–Trinajstić information content (AvgIpc) is 3.59. The van der Waals surface area contributed by atoms with E-state index in [1.54, 1.807) is 12.4 Å². The van der Waals surface area contributed by atoms with Crippen LogP contribution < -0.4 is 5.32 Å². The number of aromatic nitrogens is 5. The Hall–Kier alpha value is -4.90. The van der Waals surface area contributed by atoms with Crippen molar-refractivity contribution in [1.82, 2.24) is 25.1 Å². The zero-order valence-electron chi connectivity index (χ0n) is 24.7. The lowest BCUT2D eigenvalue weighted by Gasteiger charge is -2.17. The molecule has 0 atom stereocenters. The van der Waals surface area contributed by atoms with Crippen molar-refractivity contribution in [2.24, 2.45) is 5.41 Å². The Bertz CT molecular complexity index is 2160. The Morgan fingerprint density at radius 2 is 1.80 bits per heavy atom. The summed E-state index contributed by atoms with van der Waals surface area (Å²) in [6.45, 7) is 5.54. The number of rotatable bonds is 7. The van der Waals surface area contributed by atoms with Crippen molar-refractivity contribution in [3.8, 4) is 33.8 Å². The fourth-order valence-electron chi connectivity index (χ4n) is 5.00. The van der Waals surface area contributed by atoms with Crippen LogP contribution in [0, 0.1) is 11.2 Å². The van der Waals surface area contributed by atoms with E-state index < -0.39 is 21.1 Å². The number of hydrogen-bond acceptors (Lipinski definition) is 6. The monoisotopic (exact) mass is 610 g/mol. The van der Waals surface area contributed by atoms with Gasteiger partial charge in [0.2, 0.25) is 5.91 Å². The minimum atomic E-state index is -3.18. The topological polar surface area (TPSA) is 133 Å². The number of nitrogens with one attached hydrogen (secondary N) is 3. The van der Waals surface area contributed by atoms with Gasteiger partial charge in [0.1, 0.15) is 26.9 Å². The van der Waals surface area contributed by atoms with Gasteiger partial charge >= 0.3 is 0 Å². The quantitative estimate of drug-likeness (QED) is 0.188. The number of halogens is 1. The van der Waals surface area contributed by atoms with Crippen molar-refractivity contribution in [2.45, 2.75) is 27.2 Å². The van der Waals surface area contributed by atoms with Crippen LogP contribution in [0.1, 0.15) is 26.3 Å². The van der Waals surface area contributed by atoms with Crippen LogP contribution in [-0.4, -0.2) is 51.5 Å². The van der Waals surface area contributed by atoms with Crippen LogP contribution in [0.3, 0.4) is 0 Å². The lowest BCUT2D eigenvalue weighted by atomic mass is 9.95. The summed E-state index contributed by atoms with van der Waals surface area (Å²) in [5, 5.41) is 11.4. The summed E-state index contributed by atoms with van der Waals surface area (Å²) in [6, 6.07) is 17.9. The molecule has 3 N–H and O–H groups in total. The third-order valence-electron chi connectivity index (χ3n) is 7.33. The molecule has 4 aromatic heterocycles. The molecule has 4 heterocycles. The highest BCUT2D eigenvalue weighted by molar-refractivity contribution is 7.90. The second-order valence-electron chi connectivity index (χ2n) is 12.0. The summed E-state index contributed by atoms with van der Waals surface area (Å²) in [7, 11) is -3.18. The Morgan fingerprint density at radius 3 is 2.57 bits per heavy atom. The molecule has 0 spiro atoms. The zero-order chi connectivity index (χ0) is 31.2. The molecule has 6 aromatic rings. The number of aryl methyl sites for hydroxylation is 1. The van der Waals surface area contributed by atoms with E-state index in [4.69, 9.17) is 4.98 Å². The molecule has 11 heteroatoms. The highest BCUT2D eigenvalue weighted by atomic mass is 32.2. The molecule has 0 saturated heterocycles. The van der Waals surface area contributed by atoms with Gasteiger partial charge in [-0.2, -0.15) is 5.10 Å². The van der Waals surface area contributed by atoms with Crippen LogP contribution in [0.15, 0.2) is 73.1 Å². The van der Waals surface area contributed by atoms with E-state index in [-0.39, 0.29) is 18.1 Å². The second-order valence-corrected chi connectivity index (χ2v) is 14.3. The van der Waals surface area contributed by atoms with Crippen molar-refractivity contribution >= 4 is 43.4 Å². The first kappa shape index (κ1) is 29.2. The Morgan fingerprint density at radius 1 is 0.977 bits per heavy atom. The number of H-pyrrole nitrogens is 2. The number of hydrogen-bond donors (Lipinski definition) is 3. The third-order valence-corrected chi connectivity index (χ3v) is 8.28. The van der Waals surface area contributed by atoms with E-state index >= 15 is 0 Å². The SMILES string of the molecule is CC(C)(C)C(=O)Nc1cncc(-c2ccc3[nH]nc(-c4cc5c(-c6cc(F)cc(CCS(C)(=O)=O)c6)cccc5[nH]4)c3n2)c1. The van der Waals surface area contributed by atoms with Crippen LogP contribution >= 0.6 is 0 Å². The number of carbonyl (C=O) groups excluding carboxylic acids is 1. The van der Waals surface area contributed by atoms with Gasteiger partial charge in [0.15, 0.2) is 0 Å². The smallest absolute Gasteiger partial charge is 0.229 e. The van der Waals surface area contributed by atoms with Crippen LogP contribution in [0.5, 0.6) is 0 Å². The number of benzene rings is 2. The van der Waals surface area contributed by atoms with Crippen LogP contribution in [-0.2, 0) is 21.1 Å². The van der Waals surface area contributed by atoms with E-state index in [2.05, 4.69) is 25.5 Å². The van der Waals surface area contributed by atoms with E-state index in [1.807, 2.05) is 69.3 Å². The molecule has 44 heavy (non-hydrogen) atoms. The van der Waals surface area contributed by atoms with E-state index in [0.717, 1.165) is 33.2 Å². The van der Waals surface area contributed by atoms with Gasteiger partial charge in [-0.05, 0) is 65.6 Å². The minimum Gasteiger partial charge on any atom is -0.353 e. The van der Waals surface area contributed by atoms with Crippen molar-refractivity contribution in [1.29, 1.82) is 0 Å². The Labute approximate surface area is 253 Å². The number of pyridine rings is 2. The summed E-state index contributed by atoms with van der Waals surface area (Å²) >= 11 is 0. The van der Waals surface area contributed by atoms with Gasteiger partial charge in [-0.15, -0.1) is 0 Å². The summed E-state index contributed by atoms with van der Waals surface area (Å²) in [6.07, 6.45) is 4.70. The molecule has 0 radical (unpaired) electrons. The number of nitrogens with zero attached hydrogens (tertiary/aromatic N) is 3. The molecule has 9 nitrogen and oxygen atoms in total. The van der Waals surface area contributed by atoms with Gasteiger partial charge in [0.25, 0.3) is 0 Å². The van der Waals surface area contributed by atoms with Gasteiger partial charge < -0.3 is 10.3 Å². The largest absolute Gasteiger partial charge is 0.353 e. The molecule has 224 valence electrons. The first-order valence-electron chi connectivity index (χ1n) is 14.1. The molecule has 0 unspecified atom stereocenters. The van der Waals surface area contributed by atoms with Gasteiger partial charge in [-0.1, -0.05) is 39.0 Å². The highest BCUT2D eigenvalue weighted by Gasteiger charge is 2.22. The zero-order valence-corrected chi connectivity index (χ0v) is 25.5. The van der Waals surface area contributed by atoms with Crippen molar-refractivity contribution in [3.05, 3.63) is 84.4 Å². The average molecular weight is 611 g/mol. The van der Waals surface area contributed by atoms with E-state index in [1.165, 1.54) is 18.4 Å². The lowest BCUT2D eigenvalue weighted by Crippen LogP contribution is -2.27. The highest BCUT2D eigenvalue weighted by Crippen LogP contribution is 2.35. The van der Waals surface area contributed by atoms with E-state index in [0.29, 0.717) is 33.7 Å². The Kier molecular flexibility index (Phi) is 7.28. The molecule has 0 aliphatic heterocycles. The normalized spacial score (nSPS) is 12.2. The molecule has 0 saturated carbocycles. The standard InChI is InChI=1S/C33H31FN6O3S/c1-33(2,3)32(41)36-23-15-21(17-35-18-23)26-8-9-28-30(38-26)31(40-39-28)29-16-25-24(6-5-7-27(25)37-29)20-12-19(13-22(34)14-20)10-11-44(4,42)43/h5-9,12-18,37H,10-11H2,1-4H3,(H,36,41)(H,39,40). The summed E-state index contributed by atoms with van der Waals surface area (Å²) in [5.41, 5.74) is 7.07. The van der Waals surface area contributed by atoms with Crippen molar-refractivity contribution < 1.29 is 17.6 Å². The second kappa shape index (κ2) is 11.0. The summed E-state index contributed by atoms with van der Waals surface area (Å²) < 4.78 is 38.0. The molecule has 0 bridgehead atoms. The lowest BCUT2D eigenvalue weighted by molar-refractivity contribution is -0.123.